The first kappa shape index (κ1) is 18.9. The molecule has 2 amide bonds. The van der Waals surface area contributed by atoms with Gasteiger partial charge in [-0.05, 0) is 44.5 Å². The quantitative estimate of drug-likeness (QED) is 0.639. The number of amides is 2. The zero-order valence-electron chi connectivity index (χ0n) is 16.8. The van der Waals surface area contributed by atoms with E-state index >= 15 is 0 Å². The van der Waals surface area contributed by atoms with E-state index in [0.29, 0.717) is 30.4 Å². The third-order valence-electron chi connectivity index (χ3n) is 5.21. The van der Waals surface area contributed by atoms with Crippen LogP contribution in [-0.4, -0.2) is 34.8 Å². The standard InChI is InChI=1S/C23H23N3O3/c1-15-9-10-20(16(2)13-15)26-12-11-25(22(27)23(26)28)14-19-17(3)29-21(24-19)18-7-5-4-6-8-18/h4-10,13H,11-12,14H2,1-3H3. The number of carbonyl (C=O) groups is 2. The van der Waals surface area contributed by atoms with Gasteiger partial charge < -0.3 is 14.2 Å². The molecule has 0 spiro atoms. The summed E-state index contributed by atoms with van der Waals surface area (Å²) in [6, 6.07) is 15.5. The molecule has 2 aromatic carbocycles. The van der Waals surface area contributed by atoms with Crippen molar-refractivity contribution in [1.29, 1.82) is 0 Å². The molecule has 0 bridgehead atoms. The molecule has 1 aromatic heterocycles. The Hall–Kier alpha value is -3.41. The average Bonchev–Trinajstić information content (AvgIpc) is 3.07. The minimum absolute atomic E-state index is 0.257. The van der Waals surface area contributed by atoms with E-state index in [1.165, 1.54) is 0 Å². The van der Waals surface area contributed by atoms with Crippen LogP contribution < -0.4 is 4.90 Å². The molecule has 0 radical (unpaired) electrons. The smallest absolute Gasteiger partial charge is 0.316 e. The predicted molar refractivity (Wildman–Crippen MR) is 110 cm³/mol. The number of carbonyl (C=O) groups excluding carboxylic acids is 2. The van der Waals surface area contributed by atoms with Gasteiger partial charge in [-0.3, -0.25) is 9.59 Å². The summed E-state index contributed by atoms with van der Waals surface area (Å²) >= 11 is 0. The van der Waals surface area contributed by atoms with E-state index in [4.69, 9.17) is 4.42 Å². The topological polar surface area (TPSA) is 66.7 Å². The second kappa shape index (κ2) is 7.54. The predicted octanol–water partition coefficient (Wildman–Crippen LogP) is 3.64. The first-order valence-electron chi connectivity index (χ1n) is 9.64. The number of hydrogen-bond acceptors (Lipinski definition) is 4. The molecule has 1 fully saturated rings. The molecule has 6 heteroatoms. The molecule has 0 atom stereocenters. The van der Waals surface area contributed by atoms with Crippen molar-refractivity contribution in [1.82, 2.24) is 9.88 Å². The molecule has 6 nitrogen and oxygen atoms in total. The molecule has 0 unspecified atom stereocenters. The van der Waals surface area contributed by atoms with Gasteiger partial charge in [0.25, 0.3) is 0 Å². The minimum Gasteiger partial charge on any atom is -0.441 e. The summed E-state index contributed by atoms with van der Waals surface area (Å²) in [5.41, 5.74) is 4.45. The number of benzene rings is 2. The van der Waals surface area contributed by atoms with E-state index < -0.39 is 11.8 Å². The molecule has 1 aliphatic heterocycles. The van der Waals surface area contributed by atoms with Crippen LogP contribution in [0.3, 0.4) is 0 Å². The van der Waals surface area contributed by atoms with Crippen LogP contribution in [0.2, 0.25) is 0 Å². The van der Waals surface area contributed by atoms with Gasteiger partial charge in [0.05, 0.1) is 6.54 Å². The number of aryl methyl sites for hydroxylation is 3. The van der Waals surface area contributed by atoms with Crippen molar-refractivity contribution >= 4 is 17.5 Å². The third kappa shape index (κ3) is 3.66. The van der Waals surface area contributed by atoms with Crippen LogP contribution in [0.25, 0.3) is 11.5 Å². The zero-order valence-corrected chi connectivity index (χ0v) is 16.8. The molecule has 0 saturated carbocycles. The molecule has 1 aliphatic rings. The molecule has 4 rings (SSSR count). The van der Waals surface area contributed by atoms with Gasteiger partial charge in [-0.15, -0.1) is 0 Å². The van der Waals surface area contributed by atoms with E-state index in [0.717, 1.165) is 22.4 Å². The van der Waals surface area contributed by atoms with Gasteiger partial charge in [-0.25, -0.2) is 4.98 Å². The number of anilines is 1. The van der Waals surface area contributed by atoms with Crippen molar-refractivity contribution in [3.05, 3.63) is 71.1 Å². The Balaban J connectivity index is 1.51. The van der Waals surface area contributed by atoms with E-state index in [9.17, 15) is 9.59 Å². The van der Waals surface area contributed by atoms with Crippen LogP contribution in [0.5, 0.6) is 0 Å². The van der Waals surface area contributed by atoms with Crippen molar-refractivity contribution in [2.24, 2.45) is 0 Å². The fourth-order valence-corrected chi connectivity index (χ4v) is 3.62. The van der Waals surface area contributed by atoms with Crippen molar-refractivity contribution in [2.75, 3.05) is 18.0 Å². The highest BCUT2D eigenvalue weighted by Gasteiger charge is 2.34. The molecule has 148 valence electrons. The first-order valence-corrected chi connectivity index (χ1v) is 9.64. The Kier molecular flexibility index (Phi) is 4.92. The summed E-state index contributed by atoms with van der Waals surface area (Å²) in [4.78, 5) is 33.2. The lowest BCUT2D eigenvalue weighted by molar-refractivity contribution is -0.146. The van der Waals surface area contributed by atoms with Crippen LogP contribution >= 0.6 is 0 Å². The van der Waals surface area contributed by atoms with Crippen molar-refractivity contribution in [3.8, 4) is 11.5 Å². The molecular formula is C23H23N3O3. The van der Waals surface area contributed by atoms with Crippen LogP contribution in [0.4, 0.5) is 5.69 Å². The SMILES string of the molecule is Cc1ccc(N2CCN(Cc3nc(-c4ccccc4)oc3C)C(=O)C2=O)c(C)c1. The van der Waals surface area contributed by atoms with Crippen LogP contribution in [0.1, 0.15) is 22.6 Å². The van der Waals surface area contributed by atoms with E-state index in [-0.39, 0.29) is 6.54 Å². The summed E-state index contributed by atoms with van der Waals surface area (Å²) in [6.45, 7) is 6.95. The summed E-state index contributed by atoms with van der Waals surface area (Å²) < 4.78 is 5.78. The van der Waals surface area contributed by atoms with Gasteiger partial charge in [0.1, 0.15) is 11.5 Å². The Labute approximate surface area is 169 Å². The fourth-order valence-electron chi connectivity index (χ4n) is 3.62. The fraction of sp³-hybridized carbons (Fsp3) is 0.261. The lowest BCUT2D eigenvalue weighted by atomic mass is 10.1. The van der Waals surface area contributed by atoms with Crippen molar-refractivity contribution < 1.29 is 14.0 Å². The first-order chi connectivity index (χ1) is 13.9. The normalized spacial score (nSPS) is 14.6. The monoisotopic (exact) mass is 389 g/mol. The summed E-state index contributed by atoms with van der Waals surface area (Å²) in [6.07, 6.45) is 0. The summed E-state index contributed by atoms with van der Waals surface area (Å²) in [7, 11) is 0. The zero-order chi connectivity index (χ0) is 20.5. The summed E-state index contributed by atoms with van der Waals surface area (Å²) in [5.74, 6) is 0.152. The van der Waals surface area contributed by atoms with Crippen molar-refractivity contribution in [3.63, 3.8) is 0 Å². The van der Waals surface area contributed by atoms with Gasteiger partial charge in [0, 0.05) is 24.3 Å². The maximum atomic E-state index is 12.8. The third-order valence-corrected chi connectivity index (χ3v) is 5.21. The van der Waals surface area contributed by atoms with Crippen LogP contribution in [0.15, 0.2) is 52.9 Å². The van der Waals surface area contributed by atoms with Gasteiger partial charge in [-0.1, -0.05) is 35.9 Å². The highest BCUT2D eigenvalue weighted by atomic mass is 16.4. The highest BCUT2D eigenvalue weighted by molar-refractivity contribution is 6.41. The Morgan fingerprint density at radius 3 is 2.45 bits per heavy atom. The van der Waals surface area contributed by atoms with Gasteiger partial charge in [-0.2, -0.15) is 0 Å². The van der Waals surface area contributed by atoms with Gasteiger partial charge >= 0.3 is 11.8 Å². The molecule has 1 saturated heterocycles. The maximum absolute atomic E-state index is 12.8. The van der Waals surface area contributed by atoms with E-state index in [2.05, 4.69) is 4.98 Å². The number of aromatic nitrogens is 1. The second-order valence-electron chi connectivity index (χ2n) is 7.36. The van der Waals surface area contributed by atoms with Crippen LogP contribution in [0, 0.1) is 20.8 Å². The number of rotatable bonds is 4. The lowest BCUT2D eigenvalue weighted by Gasteiger charge is -2.34. The molecule has 0 aliphatic carbocycles. The number of oxazole rings is 1. The Bertz CT molecular complexity index is 1070. The molecule has 29 heavy (non-hydrogen) atoms. The Morgan fingerprint density at radius 2 is 1.72 bits per heavy atom. The second-order valence-corrected chi connectivity index (χ2v) is 7.36. The minimum atomic E-state index is -0.514. The van der Waals surface area contributed by atoms with Crippen molar-refractivity contribution in [2.45, 2.75) is 27.3 Å². The number of nitrogens with zero attached hydrogens (tertiary/aromatic N) is 3. The number of piperazine rings is 1. The largest absolute Gasteiger partial charge is 0.441 e. The van der Waals surface area contributed by atoms with Gasteiger partial charge in [0.15, 0.2) is 0 Å². The summed E-state index contributed by atoms with van der Waals surface area (Å²) in [5, 5.41) is 0. The maximum Gasteiger partial charge on any atom is 0.316 e. The highest BCUT2D eigenvalue weighted by Crippen LogP contribution is 2.26. The van der Waals surface area contributed by atoms with E-state index in [1.54, 1.807) is 9.80 Å². The molecule has 0 N–H and O–H groups in total. The Morgan fingerprint density at radius 1 is 0.966 bits per heavy atom. The molecular weight excluding hydrogens is 366 g/mol. The lowest BCUT2D eigenvalue weighted by Crippen LogP contribution is -2.54. The van der Waals surface area contributed by atoms with E-state index in [1.807, 2.05) is 69.3 Å². The van der Waals surface area contributed by atoms with Crippen LogP contribution in [-0.2, 0) is 16.1 Å². The molecule has 3 aromatic rings. The molecule has 2 heterocycles. The average molecular weight is 389 g/mol. The van der Waals surface area contributed by atoms with Gasteiger partial charge in [0.2, 0.25) is 5.89 Å². The number of hydrogen-bond donors (Lipinski definition) is 0.